The van der Waals surface area contributed by atoms with Gasteiger partial charge in [0.05, 0.1) is 11.5 Å². The third-order valence-electron chi connectivity index (χ3n) is 3.97. The van der Waals surface area contributed by atoms with E-state index < -0.39 is 16.8 Å². The van der Waals surface area contributed by atoms with Gasteiger partial charge in [0.25, 0.3) is 11.6 Å². The van der Waals surface area contributed by atoms with Crippen molar-refractivity contribution >= 4 is 44.0 Å². The van der Waals surface area contributed by atoms with Gasteiger partial charge in [-0.1, -0.05) is 24.3 Å². The Balaban J connectivity index is 2.00. The second-order valence-corrected chi connectivity index (χ2v) is 6.79. The Labute approximate surface area is 158 Å². The van der Waals surface area contributed by atoms with E-state index in [1.807, 2.05) is 12.1 Å². The Morgan fingerprint density at radius 2 is 1.96 bits per heavy atom. The quantitative estimate of drug-likeness (QED) is 0.395. The number of nitro benzene ring substituents is 1. The molecule has 1 aromatic heterocycles. The zero-order chi connectivity index (χ0) is 19.6. The molecule has 1 N–H and O–H groups in total. The fourth-order valence-electron chi connectivity index (χ4n) is 2.66. The number of fused-ring (bicyclic) bond motifs is 1. The van der Waals surface area contributed by atoms with Crippen molar-refractivity contribution in [3.05, 3.63) is 69.3 Å². The van der Waals surface area contributed by atoms with Crippen LogP contribution in [0, 0.1) is 17.0 Å². The van der Waals surface area contributed by atoms with Crippen molar-refractivity contribution in [2.24, 2.45) is 0 Å². The molecule has 27 heavy (non-hydrogen) atoms. The SMILES string of the molecule is CCOC(=O)c1c(NC(=O)c2ccc(C)c([N+](=O)[O-])c2)sc2ccccc12. The van der Waals surface area contributed by atoms with Crippen molar-refractivity contribution in [2.45, 2.75) is 13.8 Å². The van der Waals surface area contributed by atoms with Crippen LogP contribution >= 0.6 is 11.3 Å². The van der Waals surface area contributed by atoms with Gasteiger partial charge in [0.1, 0.15) is 10.6 Å². The van der Waals surface area contributed by atoms with E-state index in [1.165, 1.54) is 29.5 Å². The molecule has 0 unspecified atom stereocenters. The van der Waals surface area contributed by atoms with Gasteiger partial charge in [-0.05, 0) is 26.0 Å². The van der Waals surface area contributed by atoms with Crippen molar-refractivity contribution in [3.8, 4) is 0 Å². The molecule has 0 fully saturated rings. The lowest BCUT2D eigenvalue weighted by Gasteiger charge is -2.07. The first kappa shape index (κ1) is 18.5. The maximum atomic E-state index is 12.6. The number of nitrogens with zero attached hydrogens (tertiary/aromatic N) is 1. The molecule has 2 aromatic carbocycles. The number of hydrogen-bond donors (Lipinski definition) is 1. The summed E-state index contributed by atoms with van der Waals surface area (Å²) in [6.07, 6.45) is 0. The summed E-state index contributed by atoms with van der Waals surface area (Å²) in [5.74, 6) is -1.06. The highest BCUT2D eigenvalue weighted by molar-refractivity contribution is 7.23. The highest BCUT2D eigenvalue weighted by Gasteiger charge is 2.23. The predicted octanol–water partition coefficient (Wildman–Crippen LogP) is 4.55. The first-order valence-electron chi connectivity index (χ1n) is 8.17. The molecule has 0 aliphatic heterocycles. The molecule has 1 amide bonds. The largest absolute Gasteiger partial charge is 0.462 e. The number of carbonyl (C=O) groups is 2. The molecule has 0 bridgehead atoms. The average molecular weight is 384 g/mol. The molecular formula is C19H16N2O5S. The first-order chi connectivity index (χ1) is 12.9. The second kappa shape index (κ2) is 7.55. The standard InChI is InChI=1S/C19H16N2O5S/c1-3-26-19(23)16-13-6-4-5-7-15(13)27-18(16)20-17(22)12-9-8-11(2)14(10-12)21(24)25/h4-10H,3H2,1-2H3,(H,20,22). The minimum Gasteiger partial charge on any atom is -0.462 e. The Morgan fingerprint density at radius 1 is 1.22 bits per heavy atom. The number of anilines is 1. The number of amides is 1. The predicted molar refractivity (Wildman–Crippen MR) is 104 cm³/mol. The summed E-state index contributed by atoms with van der Waals surface area (Å²) in [4.78, 5) is 35.6. The van der Waals surface area contributed by atoms with Crippen LogP contribution in [0.15, 0.2) is 42.5 Å². The normalized spacial score (nSPS) is 10.6. The number of rotatable bonds is 5. The highest BCUT2D eigenvalue weighted by atomic mass is 32.1. The van der Waals surface area contributed by atoms with E-state index >= 15 is 0 Å². The zero-order valence-corrected chi connectivity index (χ0v) is 15.5. The zero-order valence-electron chi connectivity index (χ0n) is 14.6. The van der Waals surface area contributed by atoms with Crippen LogP contribution in [0.4, 0.5) is 10.7 Å². The smallest absolute Gasteiger partial charge is 0.341 e. The van der Waals surface area contributed by atoms with Gasteiger partial charge in [0, 0.05) is 27.3 Å². The number of thiophene rings is 1. The molecule has 3 rings (SSSR count). The van der Waals surface area contributed by atoms with Crippen molar-refractivity contribution in [2.75, 3.05) is 11.9 Å². The van der Waals surface area contributed by atoms with Crippen LogP contribution in [0.3, 0.4) is 0 Å². The van der Waals surface area contributed by atoms with Crippen LogP contribution in [0.1, 0.15) is 33.2 Å². The van der Waals surface area contributed by atoms with E-state index in [0.717, 1.165) is 4.70 Å². The lowest BCUT2D eigenvalue weighted by Crippen LogP contribution is -2.14. The number of hydrogen-bond acceptors (Lipinski definition) is 6. The van der Waals surface area contributed by atoms with Gasteiger partial charge >= 0.3 is 5.97 Å². The fraction of sp³-hybridized carbons (Fsp3) is 0.158. The van der Waals surface area contributed by atoms with Gasteiger partial charge in [-0.3, -0.25) is 14.9 Å². The van der Waals surface area contributed by atoms with Crippen LogP contribution in [0.2, 0.25) is 0 Å². The van der Waals surface area contributed by atoms with Gasteiger partial charge in [-0.2, -0.15) is 0 Å². The van der Waals surface area contributed by atoms with Gasteiger partial charge in [-0.15, -0.1) is 11.3 Å². The Hall–Kier alpha value is -3.26. The van der Waals surface area contributed by atoms with Crippen molar-refractivity contribution in [1.29, 1.82) is 0 Å². The minimum absolute atomic E-state index is 0.135. The van der Waals surface area contributed by atoms with Crippen LogP contribution in [0.25, 0.3) is 10.1 Å². The number of aryl methyl sites for hydroxylation is 1. The molecule has 8 heteroatoms. The monoisotopic (exact) mass is 384 g/mol. The summed E-state index contributed by atoms with van der Waals surface area (Å²) >= 11 is 1.25. The maximum Gasteiger partial charge on any atom is 0.341 e. The Morgan fingerprint density at radius 3 is 2.67 bits per heavy atom. The molecular weight excluding hydrogens is 368 g/mol. The average Bonchev–Trinajstić information content (AvgIpc) is 2.99. The number of benzene rings is 2. The highest BCUT2D eigenvalue weighted by Crippen LogP contribution is 2.36. The van der Waals surface area contributed by atoms with Crippen LogP contribution < -0.4 is 5.32 Å². The summed E-state index contributed by atoms with van der Waals surface area (Å²) in [5.41, 5.74) is 0.752. The summed E-state index contributed by atoms with van der Waals surface area (Å²) in [5, 5.41) is 14.8. The van der Waals surface area contributed by atoms with Crippen LogP contribution in [-0.2, 0) is 4.74 Å². The maximum absolute atomic E-state index is 12.6. The minimum atomic E-state index is -0.532. The van der Waals surface area contributed by atoms with E-state index in [1.54, 1.807) is 26.0 Å². The summed E-state index contributed by atoms with van der Waals surface area (Å²) < 4.78 is 5.94. The van der Waals surface area contributed by atoms with E-state index in [4.69, 9.17) is 4.74 Å². The molecule has 0 spiro atoms. The lowest BCUT2D eigenvalue weighted by molar-refractivity contribution is -0.385. The van der Waals surface area contributed by atoms with Gasteiger partial charge in [0.15, 0.2) is 0 Å². The molecule has 0 saturated heterocycles. The number of nitro groups is 1. The summed E-state index contributed by atoms with van der Waals surface area (Å²) in [6.45, 7) is 3.52. The van der Waals surface area contributed by atoms with Crippen molar-refractivity contribution in [3.63, 3.8) is 0 Å². The topological polar surface area (TPSA) is 98.5 Å². The molecule has 3 aromatic rings. The molecule has 138 valence electrons. The van der Waals surface area contributed by atoms with Gasteiger partial charge in [0.2, 0.25) is 0 Å². The van der Waals surface area contributed by atoms with Crippen molar-refractivity contribution in [1.82, 2.24) is 0 Å². The van der Waals surface area contributed by atoms with Crippen molar-refractivity contribution < 1.29 is 19.2 Å². The van der Waals surface area contributed by atoms with Crippen LogP contribution in [-0.4, -0.2) is 23.4 Å². The molecule has 0 atom stereocenters. The molecule has 0 aliphatic carbocycles. The van der Waals surface area contributed by atoms with E-state index in [-0.39, 0.29) is 23.4 Å². The van der Waals surface area contributed by atoms with E-state index in [0.29, 0.717) is 16.0 Å². The Bertz CT molecular complexity index is 1060. The van der Waals surface area contributed by atoms with E-state index in [9.17, 15) is 19.7 Å². The number of nitrogens with one attached hydrogen (secondary N) is 1. The molecule has 1 heterocycles. The molecule has 0 radical (unpaired) electrons. The fourth-order valence-corrected chi connectivity index (χ4v) is 3.75. The third-order valence-corrected chi connectivity index (χ3v) is 5.06. The first-order valence-corrected chi connectivity index (χ1v) is 8.99. The molecule has 0 aliphatic rings. The molecule has 7 nitrogen and oxygen atoms in total. The molecule has 0 saturated carbocycles. The second-order valence-electron chi connectivity index (χ2n) is 5.74. The third kappa shape index (κ3) is 3.65. The Kier molecular flexibility index (Phi) is 5.18. The number of ether oxygens (including phenoxy) is 1. The van der Waals surface area contributed by atoms with Gasteiger partial charge < -0.3 is 10.1 Å². The lowest BCUT2D eigenvalue weighted by atomic mass is 10.1. The number of esters is 1. The summed E-state index contributed by atoms with van der Waals surface area (Å²) in [7, 11) is 0. The summed E-state index contributed by atoms with van der Waals surface area (Å²) in [6, 6.07) is 11.5. The number of carbonyl (C=O) groups excluding carboxylic acids is 2. The van der Waals surface area contributed by atoms with Gasteiger partial charge in [-0.25, -0.2) is 4.79 Å². The van der Waals surface area contributed by atoms with E-state index in [2.05, 4.69) is 5.32 Å². The van der Waals surface area contributed by atoms with Crippen LogP contribution in [0.5, 0.6) is 0 Å².